The lowest BCUT2D eigenvalue weighted by Gasteiger charge is -2.25. The molecule has 2 aliphatic rings. The monoisotopic (exact) mass is 289 g/mol. The number of carbonyl (C=O) groups is 1. The highest BCUT2D eigenvalue weighted by molar-refractivity contribution is 5.98. The van der Waals surface area contributed by atoms with Crippen LogP contribution in [0.25, 0.3) is 0 Å². The first-order chi connectivity index (χ1) is 10.1. The molecule has 1 saturated heterocycles. The first-order valence-electron chi connectivity index (χ1n) is 7.68. The minimum atomic E-state index is -0.422. The van der Waals surface area contributed by atoms with Crippen LogP contribution in [0.3, 0.4) is 0 Å². The number of likely N-dealkylation sites (tertiary alicyclic amines) is 1. The lowest BCUT2D eigenvalue weighted by atomic mass is 10.1. The number of anilines is 2. The molecule has 0 aromatic heterocycles. The number of amides is 1. The quantitative estimate of drug-likeness (QED) is 0.877. The molecule has 0 aliphatic carbocycles. The molecule has 3 rings (SSSR count). The summed E-state index contributed by atoms with van der Waals surface area (Å²) in [6.45, 7) is 4.05. The first kappa shape index (κ1) is 14.2. The van der Waals surface area contributed by atoms with Crippen molar-refractivity contribution in [2.75, 3.05) is 30.8 Å². The molecule has 2 N–H and O–H groups in total. The Balaban J connectivity index is 1.69. The van der Waals surface area contributed by atoms with Gasteiger partial charge in [0.15, 0.2) is 6.10 Å². The molecular weight excluding hydrogens is 266 g/mol. The van der Waals surface area contributed by atoms with Crippen LogP contribution < -0.4 is 15.4 Å². The van der Waals surface area contributed by atoms with Gasteiger partial charge in [0, 0.05) is 11.7 Å². The molecule has 0 bridgehead atoms. The summed E-state index contributed by atoms with van der Waals surface area (Å²) in [5.74, 6) is 0.656. The number of benzene rings is 1. The Morgan fingerprint density at radius 3 is 3.05 bits per heavy atom. The van der Waals surface area contributed by atoms with E-state index in [1.165, 1.54) is 19.4 Å². The van der Waals surface area contributed by atoms with E-state index in [1.54, 1.807) is 6.92 Å². The SMILES string of the molecule is CC1Oc2ccc(NC3CCCN(C)CC3)cc2NC1=O. The fourth-order valence-corrected chi connectivity index (χ4v) is 2.92. The zero-order valence-corrected chi connectivity index (χ0v) is 12.7. The Morgan fingerprint density at radius 1 is 1.33 bits per heavy atom. The number of fused-ring (bicyclic) bond motifs is 1. The number of nitrogens with one attached hydrogen (secondary N) is 2. The zero-order chi connectivity index (χ0) is 14.8. The van der Waals surface area contributed by atoms with E-state index in [4.69, 9.17) is 4.74 Å². The van der Waals surface area contributed by atoms with E-state index >= 15 is 0 Å². The van der Waals surface area contributed by atoms with E-state index < -0.39 is 6.10 Å². The lowest BCUT2D eigenvalue weighted by Crippen LogP contribution is -2.34. The van der Waals surface area contributed by atoms with Crippen molar-refractivity contribution in [1.82, 2.24) is 4.90 Å². The fraction of sp³-hybridized carbons (Fsp3) is 0.562. The minimum absolute atomic E-state index is 0.0873. The highest BCUT2D eigenvalue weighted by Crippen LogP contribution is 2.32. The molecule has 2 aliphatic heterocycles. The minimum Gasteiger partial charge on any atom is -0.479 e. The van der Waals surface area contributed by atoms with Crippen LogP contribution in [0.5, 0.6) is 5.75 Å². The van der Waals surface area contributed by atoms with E-state index in [9.17, 15) is 4.79 Å². The average molecular weight is 289 g/mol. The molecule has 5 heteroatoms. The van der Waals surface area contributed by atoms with Crippen molar-refractivity contribution in [3.63, 3.8) is 0 Å². The van der Waals surface area contributed by atoms with Gasteiger partial charge in [-0.25, -0.2) is 0 Å². The number of rotatable bonds is 2. The van der Waals surface area contributed by atoms with E-state index in [0.29, 0.717) is 6.04 Å². The second-order valence-electron chi connectivity index (χ2n) is 6.04. The molecule has 2 heterocycles. The first-order valence-corrected chi connectivity index (χ1v) is 7.68. The summed E-state index contributed by atoms with van der Waals surface area (Å²) >= 11 is 0. The van der Waals surface area contributed by atoms with E-state index in [2.05, 4.69) is 22.6 Å². The van der Waals surface area contributed by atoms with Gasteiger partial charge in [0.2, 0.25) is 0 Å². The fourth-order valence-electron chi connectivity index (χ4n) is 2.92. The van der Waals surface area contributed by atoms with Gasteiger partial charge in [-0.2, -0.15) is 0 Å². The van der Waals surface area contributed by atoms with Gasteiger partial charge in [0.25, 0.3) is 5.91 Å². The van der Waals surface area contributed by atoms with Crippen LogP contribution in [-0.2, 0) is 4.79 Å². The van der Waals surface area contributed by atoms with Gasteiger partial charge in [-0.05, 0) is 64.5 Å². The van der Waals surface area contributed by atoms with Crippen molar-refractivity contribution in [3.05, 3.63) is 18.2 Å². The summed E-state index contributed by atoms with van der Waals surface area (Å²) in [7, 11) is 2.18. The predicted molar refractivity (Wildman–Crippen MR) is 83.9 cm³/mol. The third-order valence-corrected chi connectivity index (χ3v) is 4.23. The molecule has 2 atom stereocenters. The van der Waals surface area contributed by atoms with Crippen molar-refractivity contribution in [3.8, 4) is 5.75 Å². The standard InChI is InChI=1S/C16H23N3O2/c1-11-16(20)18-14-10-13(5-6-15(14)21-11)17-12-4-3-8-19(2)9-7-12/h5-6,10-12,17H,3-4,7-9H2,1-2H3,(H,18,20). The molecule has 114 valence electrons. The smallest absolute Gasteiger partial charge is 0.265 e. The number of hydrogen-bond acceptors (Lipinski definition) is 4. The van der Waals surface area contributed by atoms with Crippen LogP contribution in [0, 0.1) is 0 Å². The van der Waals surface area contributed by atoms with Gasteiger partial charge in [0.1, 0.15) is 5.75 Å². The highest BCUT2D eigenvalue weighted by Gasteiger charge is 2.24. The summed E-state index contributed by atoms with van der Waals surface area (Å²) in [6, 6.07) is 6.41. The summed E-state index contributed by atoms with van der Waals surface area (Å²) in [6.07, 6.45) is 3.12. The third-order valence-electron chi connectivity index (χ3n) is 4.23. The summed E-state index contributed by atoms with van der Waals surface area (Å²) in [4.78, 5) is 14.1. The maximum absolute atomic E-state index is 11.7. The zero-order valence-electron chi connectivity index (χ0n) is 12.7. The molecule has 1 amide bonds. The van der Waals surface area contributed by atoms with E-state index in [0.717, 1.165) is 30.1 Å². The molecule has 0 spiro atoms. The largest absolute Gasteiger partial charge is 0.479 e. The Morgan fingerprint density at radius 2 is 2.19 bits per heavy atom. The van der Waals surface area contributed by atoms with Crippen molar-refractivity contribution < 1.29 is 9.53 Å². The van der Waals surface area contributed by atoms with Crippen LogP contribution in [0.2, 0.25) is 0 Å². The molecule has 1 aromatic carbocycles. The lowest BCUT2D eigenvalue weighted by molar-refractivity contribution is -0.122. The topological polar surface area (TPSA) is 53.6 Å². The Hall–Kier alpha value is -1.75. The van der Waals surface area contributed by atoms with Gasteiger partial charge < -0.3 is 20.3 Å². The van der Waals surface area contributed by atoms with E-state index in [1.807, 2.05) is 18.2 Å². The molecule has 2 unspecified atom stereocenters. The molecule has 0 saturated carbocycles. The van der Waals surface area contributed by atoms with Gasteiger partial charge >= 0.3 is 0 Å². The second kappa shape index (κ2) is 5.93. The van der Waals surface area contributed by atoms with Crippen LogP contribution in [0.15, 0.2) is 18.2 Å². The van der Waals surface area contributed by atoms with Gasteiger partial charge in [0.05, 0.1) is 5.69 Å². The average Bonchev–Trinajstić information content (AvgIpc) is 2.65. The van der Waals surface area contributed by atoms with Crippen LogP contribution in [0.1, 0.15) is 26.2 Å². The predicted octanol–water partition coefficient (Wildman–Crippen LogP) is 2.30. The van der Waals surface area contributed by atoms with Crippen molar-refractivity contribution in [1.29, 1.82) is 0 Å². The third kappa shape index (κ3) is 3.29. The number of nitrogens with zero attached hydrogens (tertiary/aromatic N) is 1. The number of ether oxygens (including phenoxy) is 1. The van der Waals surface area contributed by atoms with E-state index in [-0.39, 0.29) is 5.91 Å². The van der Waals surface area contributed by atoms with Crippen molar-refractivity contribution in [2.24, 2.45) is 0 Å². The molecule has 1 aromatic rings. The molecule has 1 fully saturated rings. The van der Waals surface area contributed by atoms with Gasteiger partial charge in [-0.3, -0.25) is 4.79 Å². The Labute approximate surface area is 125 Å². The Kier molecular flexibility index (Phi) is 4.01. The van der Waals surface area contributed by atoms with Gasteiger partial charge in [-0.15, -0.1) is 0 Å². The normalized spacial score (nSPS) is 26.3. The summed E-state index contributed by atoms with van der Waals surface area (Å²) < 4.78 is 5.58. The van der Waals surface area contributed by atoms with Crippen molar-refractivity contribution in [2.45, 2.75) is 38.3 Å². The Bertz CT molecular complexity index is 532. The molecule has 21 heavy (non-hydrogen) atoms. The van der Waals surface area contributed by atoms with Crippen LogP contribution in [0.4, 0.5) is 11.4 Å². The van der Waals surface area contributed by atoms with Crippen molar-refractivity contribution >= 4 is 17.3 Å². The van der Waals surface area contributed by atoms with Crippen LogP contribution >= 0.6 is 0 Å². The second-order valence-corrected chi connectivity index (χ2v) is 6.04. The van der Waals surface area contributed by atoms with Crippen LogP contribution in [-0.4, -0.2) is 43.1 Å². The number of hydrogen-bond donors (Lipinski definition) is 2. The van der Waals surface area contributed by atoms with Gasteiger partial charge in [-0.1, -0.05) is 0 Å². The highest BCUT2D eigenvalue weighted by atomic mass is 16.5. The maximum atomic E-state index is 11.7. The maximum Gasteiger partial charge on any atom is 0.265 e. The number of carbonyl (C=O) groups excluding carboxylic acids is 1. The summed E-state index contributed by atoms with van der Waals surface area (Å²) in [5.41, 5.74) is 1.80. The molecular formula is C16H23N3O2. The molecule has 0 radical (unpaired) electrons. The molecule has 5 nitrogen and oxygen atoms in total. The summed E-state index contributed by atoms with van der Waals surface area (Å²) in [5, 5.41) is 6.48.